The lowest BCUT2D eigenvalue weighted by atomic mass is 10.0. The highest BCUT2D eigenvalue weighted by Crippen LogP contribution is 2.24. The van der Waals surface area contributed by atoms with Crippen LogP contribution < -0.4 is 5.32 Å². The Morgan fingerprint density at radius 1 is 1.26 bits per heavy atom. The van der Waals surface area contributed by atoms with Crippen molar-refractivity contribution in [3.05, 3.63) is 59.2 Å². The lowest BCUT2D eigenvalue weighted by Crippen LogP contribution is -2.55. The quantitative estimate of drug-likeness (QED) is 0.646. The molecule has 0 aliphatic carbocycles. The van der Waals surface area contributed by atoms with E-state index in [1.807, 2.05) is 33.8 Å². The van der Waals surface area contributed by atoms with E-state index < -0.39 is 11.6 Å². The molecule has 2 aromatic rings. The topological polar surface area (TPSA) is 95.0 Å². The zero-order valence-corrected chi connectivity index (χ0v) is 20.3. The van der Waals surface area contributed by atoms with Crippen molar-refractivity contribution >= 4 is 17.7 Å². The highest BCUT2D eigenvalue weighted by Gasteiger charge is 2.32. The summed E-state index contributed by atoms with van der Waals surface area (Å²) in [4.78, 5) is 31.6. The van der Waals surface area contributed by atoms with Crippen molar-refractivity contribution in [2.24, 2.45) is 0 Å². The first-order valence-corrected chi connectivity index (χ1v) is 11.4. The van der Waals surface area contributed by atoms with Crippen LogP contribution in [0, 0.1) is 12.7 Å². The molecule has 0 saturated carbocycles. The van der Waals surface area contributed by atoms with E-state index in [1.54, 1.807) is 24.0 Å². The van der Waals surface area contributed by atoms with Gasteiger partial charge in [-0.1, -0.05) is 12.1 Å². The molecular formula is C25H33FN4O4. The molecule has 1 aromatic heterocycles. The minimum absolute atomic E-state index is 0.0458. The van der Waals surface area contributed by atoms with Gasteiger partial charge in [-0.05, 0) is 63.9 Å². The van der Waals surface area contributed by atoms with Gasteiger partial charge < -0.3 is 20.1 Å². The van der Waals surface area contributed by atoms with Crippen LogP contribution in [-0.4, -0.2) is 69.8 Å². The number of nitrogens with one attached hydrogen (secondary N) is 1. The summed E-state index contributed by atoms with van der Waals surface area (Å²) < 4.78 is 19.9. The number of carboxylic acid groups (broad SMARTS) is 1. The number of anilines is 1. The zero-order chi connectivity index (χ0) is 25.0. The summed E-state index contributed by atoms with van der Waals surface area (Å²) in [6.07, 6.45) is 1.14. The first-order valence-electron chi connectivity index (χ1n) is 11.4. The number of pyridine rings is 1. The number of aromatic nitrogens is 1. The number of carboxylic acids is 1. The molecule has 1 unspecified atom stereocenters. The Labute approximate surface area is 199 Å². The van der Waals surface area contributed by atoms with Crippen LogP contribution in [0.5, 0.6) is 0 Å². The van der Waals surface area contributed by atoms with Crippen LogP contribution in [0.2, 0.25) is 0 Å². The van der Waals surface area contributed by atoms with E-state index in [-0.39, 0.29) is 29.7 Å². The van der Waals surface area contributed by atoms with Crippen LogP contribution in [0.25, 0.3) is 0 Å². The summed E-state index contributed by atoms with van der Waals surface area (Å²) >= 11 is 0. The van der Waals surface area contributed by atoms with E-state index in [9.17, 15) is 14.0 Å². The maximum Gasteiger partial charge on any atom is 0.410 e. The molecular weight excluding hydrogens is 439 g/mol. The van der Waals surface area contributed by atoms with E-state index in [0.717, 1.165) is 5.56 Å². The number of amides is 1. The molecule has 2 heterocycles. The van der Waals surface area contributed by atoms with Gasteiger partial charge in [-0.25, -0.2) is 19.0 Å². The Kier molecular flexibility index (Phi) is 7.76. The number of ether oxygens (including phenoxy) is 1. The molecule has 3 rings (SSSR count). The predicted octanol–water partition coefficient (Wildman–Crippen LogP) is 4.32. The number of hydrogen-bond donors (Lipinski definition) is 2. The summed E-state index contributed by atoms with van der Waals surface area (Å²) in [7, 11) is 0. The summed E-state index contributed by atoms with van der Waals surface area (Å²) in [5.74, 6) is -1.38. The average Bonchev–Trinajstić information content (AvgIpc) is 2.74. The number of aromatic carboxylic acids is 1. The van der Waals surface area contributed by atoms with E-state index in [4.69, 9.17) is 9.84 Å². The van der Waals surface area contributed by atoms with Gasteiger partial charge in [0.1, 0.15) is 17.1 Å². The first-order chi connectivity index (χ1) is 15.9. The van der Waals surface area contributed by atoms with Gasteiger partial charge in [0.15, 0.2) is 0 Å². The lowest BCUT2D eigenvalue weighted by molar-refractivity contribution is 0.00108. The Morgan fingerprint density at radius 3 is 2.56 bits per heavy atom. The van der Waals surface area contributed by atoms with Crippen molar-refractivity contribution < 1.29 is 23.8 Å². The molecule has 0 spiro atoms. The molecule has 1 aliphatic rings. The Hall–Kier alpha value is -3.20. The van der Waals surface area contributed by atoms with Gasteiger partial charge in [-0.15, -0.1) is 0 Å². The van der Waals surface area contributed by atoms with Gasteiger partial charge in [0, 0.05) is 32.2 Å². The molecule has 2 atom stereocenters. The Morgan fingerprint density at radius 2 is 2.00 bits per heavy atom. The molecule has 1 saturated heterocycles. The number of carbonyl (C=O) groups is 2. The second-order valence-corrected chi connectivity index (χ2v) is 9.73. The smallest absolute Gasteiger partial charge is 0.410 e. The van der Waals surface area contributed by atoms with Gasteiger partial charge in [0.05, 0.1) is 17.9 Å². The van der Waals surface area contributed by atoms with Crippen molar-refractivity contribution in [2.45, 2.75) is 52.3 Å². The van der Waals surface area contributed by atoms with E-state index in [0.29, 0.717) is 37.4 Å². The van der Waals surface area contributed by atoms with Crippen LogP contribution in [0.15, 0.2) is 36.5 Å². The predicted molar refractivity (Wildman–Crippen MR) is 128 cm³/mol. The SMILES string of the molecule is Cc1ccc(C(CN2CCN(C(=O)OC(C)(C)C)[C@H](C)C2)Nc2ccc(C(=O)O)nc2)cc1F. The lowest BCUT2D eigenvalue weighted by Gasteiger charge is -2.41. The average molecular weight is 473 g/mol. The fraction of sp³-hybridized carbons (Fsp3) is 0.480. The molecule has 1 aliphatic heterocycles. The van der Waals surface area contributed by atoms with Crippen molar-refractivity contribution in [1.29, 1.82) is 0 Å². The standard InChI is InChI=1S/C25H33FN4O4/c1-16-6-7-18(12-20(16)26)22(28-19-8-9-21(23(31)32)27-13-19)15-29-10-11-30(17(2)14-29)24(33)34-25(3,4)5/h6-9,12-13,17,22,28H,10-11,14-15H2,1-5H3,(H,31,32)/t17-,22?/m1/s1. The monoisotopic (exact) mass is 472 g/mol. The molecule has 34 heavy (non-hydrogen) atoms. The van der Waals surface area contributed by atoms with Gasteiger partial charge in [-0.3, -0.25) is 4.90 Å². The molecule has 8 nitrogen and oxygen atoms in total. The summed E-state index contributed by atoms with van der Waals surface area (Å²) in [5, 5.41) is 12.5. The number of carbonyl (C=O) groups excluding carboxylic acids is 1. The van der Waals surface area contributed by atoms with Gasteiger partial charge in [0.2, 0.25) is 0 Å². The molecule has 184 valence electrons. The molecule has 1 fully saturated rings. The molecule has 1 amide bonds. The fourth-order valence-corrected chi connectivity index (χ4v) is 3.92. The Balaban J connectivity index is 1.74. The second-order valence-electron chi connectivity index (χ2n) is 9.73. The van der Waals surface area contributed by atoms with Gasteiger partial charge >= 0.3 is 12.1 Å². The van der Waals surface area contributed by atoms with Crippen molar-refractivity contribution in [1.82, 2.24) is 14.8 Å². The maximum atomic E-state index is 14.4. The largest absolute Gasteiger partial charge is 0.477 e. The Bertz CT molecular complexity index is 1020. The van der Waals surface area contributed by atoms with Crippen LogP contribution >= 0.6 is 0 Å². The molecule has 0 bridgehead atoms. The molecule has 0 radical (unpaired) electrons. The summed E-state index contributed by atoms with van der Waals surface area (Å²) in [5.41, 5.74) is 1.37. The number of aryl methyl sites for hydroxylation is 1. The van der Waals surface area contributed by atoms with E-state index >= 15 is 0 Å². The summed E-state index contributed by atoms with van der Waals surface area (Å²) in [6, 6.07) is 7.91. The number of rotatable bonds is 6. The zero-order valence-electron chi connectivity index (χ0n) is 20.3. The second kappa shape index (κ2) is 10.4. The number of hydrogen-bond acceptors (Lipinski definition) is 6. The van der Waals surface area contributed by atoms with Crippen LogP contribution in [0.1, 0.15) is 55.4 Å². The first kappa shape index (κ1) is 25.4. The van der Waals surface area contributed by atoms with E-state index in [1.165, 1.54) is 18.3 Å². The fourth-order valence-electron chi connectivity index (χ4n) is 3.92. The third kappa shape index (κ3) is 6.66. The maximum absolute atomic E-state index is 14.4. The van der Waals surface area contributed by atoms with Gasteiger partial charge in [0.25, 0.3) is 0 Å². The number of halogens is 1. The minimum Gasteiger partial charge on any atom is -0.477 e. The van der Waals surface area contributed by atoms with Crippen molar-refractivity contribution in [3.63, 3.8) is 0 Å². The molecule has 1 aromatic carbocycles. The minimum atomic E-state index is -1.10. The highest BCUT2D eigenvalue weighted by atomic mass is 19.1. The number of benzene rings is 1. The highest BCUT2D eigenvalue weighted by molar-refractivity contribution is 5.85. The number of nitrogens with zero attached hydrogens (tertiary/aromatic N) is 3. The van der Waals surface area contributed by atoms with Gasteiger partial charge in [-0.2, -0.15) is 0 Å². The van der Waals surface area contributed by atoms with Crippen molar-refractivity contribution in [3.8, 4) is 0 Å². The van der Waals surface area contributed by atoms with Crippen LogP contribution in [-0.2, 0) is 4.74 Å². The van der Waals surface area contributed by atoms with Crippen LogP contribution in [0.4, 0.5) is 14.9 Å². The summed E-state index contributed by atoms with van der Waals surface area (Å²) in [6.45, 7) is 11.6. The van der Waals surface area contributed by atoms with E-state index in [2.05, 4.69) is 15.2 Å². The van der Waals surface area contributed by atoms with Crippen LogP contribution in [0.3, 0.4) is 0 Å². The molecule has 2 N–H and O–H groups in total. The third-order valence-corrected chi connectivity index (χ3v) is 5.70. The number of piperazine rings is 1. The third-order valence-electron chi connectivity index (χ3n) is 5.70. The van der Waals surface area contributed by atoms with Crippen molar-refractivity contribution in [2.75, 3.05) is 31.5 Å². The molecule has 9 heteroatoms. The normalized spacial score (nSPS) is 17.8.